The molecule has 63 heavy (non-hydrogen) atoms. The molecule has 1 amide bonds. The number of carbonyl (C=O) groups is 1. The first kappa shape index (κ1) is 45.0. The van der Waals surface area contributed by atoms with E-state index in [1.54, 1.807) is 33.3 Å². The predicted octanol–water partition coefficient (Wildman–Crippen LogP) is 10.5. The minimum Gasteiger partial charge on any atom is -0.496 e. The van der Waals surface area contributed by atoms with E-state index in [1.165, 1.54) is 0 Å². The zero-order valence-corrected chi connectivity index (χ0v) is 37.4. The molecule has 1 fully saturated rings. The molecule has 0 N–H and O–H groups in total. The zero-order chi connectivity index (χ0) is 44.3. The SMILES string of the molecule is COc1cc(CO[C@H]2CN(C(=O)OC(C)(C)C)C[C@@H](OCc3cc(OC)c4ccccc4c3OC)C2c2ccc(OCCCOCc3ccccc3)cc2)c(OC)c2ccccc12. The molecule has 0 bridgehead atoms. The molecule has 3 atom stereocenters. The molecular formula is C52H59NO10. The van der Waals surface area contributed by atoms with Crippen LogP contribution in [0.1, 0.15) is 55.4 Å². The number of nitrogens with zero attached hydrogens (tertiary/aromatic N) is 1. The first-order chi connectivity index (χ1) is 30.6. The smallest absolute Gasteiger partial charge is 0.410 e. The van der Waals surface area contributed by atoms with Gasteiger partial charge in [-0.3, -0.25) is 0 Å². The number of benzene rings is 6. The molecule has 0 aliphatic carbocycles. The van der Waals surface area contributed by atoms with Crippen molar-refractivity contribution in [1.82, 2.24) is 4.90 Å². The summed E-state index contributed by atoms with van der Waals surface area (Å²) < 4.78 is 55.6. The molecule has 0 spiro atoms. The number of rotatable bonds is 18. The number of methoxy groups -OCH3 is 4. The van der Waals surface area contributed by atoms with Crippen molar-refractivity contribution < 1.29 is 47.4 Å². The Bertz CT molecular complexity index is 2320. The molecular weight excluding hydrogens is 799 g/mol. The number of amides is 1. The largest absolute Gasteiger partial charge is 0.496 e. The van der Waals surface area contributed by atoms with Crippen LogP contribution < -0.4 is 23.7 Å². The number of carbonyl (C=O) groups excluding carboxylic acids is 1. The molecule has 332 valence electrons. The van der Waals surface area contributed by atoms with E-state index in [-0.39, 0.29) is 32.2 Å². The summed E-state index contributed by atoms with van der Waals surface area (Å²) in [6.45, 7) is 8.09. The van der Waals surface area contributed by atoms with E-state index < -0.39 is 23.9 Å². The molecule has 1 saturated heterocycles. The molecule has 11 heteroatoms. The van der Waals surface area contributed by atoms with Gasteiger partial charge in [0.2, 0.25) is 0 Å². The average molecular weight is 858 g/mol. The van der Waals surface area contributed by atoms with Gasteiger partial charge in [0.25, 0.3) is 0 Å². The third-order valence-electron chi connectivity index (χ3n) is 11.2. The fraction of sp³-hybridized carbons (Fsp3) is 0.365. The maximum absolute atomic E-state index is 13.9. The van der Waals surface area contributed by atoms with Crippen molar-refractivity contribution in [2.45, 2.75) is 70.7 Å². The molecule has 1 aliphatic heterocycles. The molecule has 6 aromatic rings. The second-order valence-corrected chi connectivity index (χ2v) is 16.6. The monoisotopic (exact) mass is 857 g/mol. The van der Waals surface area contributed by atoms with Gasteiger partial charge in [-0.05, 0) is 56.2 Å². The van der Waals surface area contributed by atoms with E-state index in [0.29, 0.717) is 42.8 Å². The summed E-state index contributed by atoms with van der Waals surface area (Å²) in [6, 6.07) is 38.0. The van der Waals surface area contributed by atoms with Crippen LogP contribution in [0, 0.1) is 0 Å². The molecule has 1 aliphatic rings. The molecule has 0 aromatic heterocycles. The van der Waals surface area contributed by atoms with Crippen molar-refractivity contribution in [3.63, 3.8) is 0 Å². The van der Waals surface area contributed by atoms with Gasteiger partial charge in [-0.2, -0.15) is 0 Å². The Labute approximate surface area is 370 Å². The highest BCUT2D eigenvalue weighted by molar-refractivity contribution is 5.95. The van der Waals surface area contributed by atoms with Crippen LogP contribution in [0.4, 0.5) is 4.79 Å². The van der Waals surface area contributed by atoms with E-state index in [2.05, 4.69) is 24.3 Å². The minimum absolute atomic E-state index is 0.170. The summed E-state index contributed by atoms with van der Waals surface area (Å²) >= 11 is 0. The van der Waals surface area contributed by atoms with Crippen LogP contribution in [0.5, 0.6) is 28.7 Å². The van der Waals surface area contributed by atoms with E-state index in [9.17, 15) is 4.79 Å². The van der Waals surface area contributed by atoms with E-state index >= 15 is 0 Å². The lowest BCUT2D eigenvalue weighted by atomic mass is 9.84. The van der Waals surface area contributed by atoms with Crippen LogP contribution in [-0.4, -0.2) is 83.5 Å². The summed E-state index contributed by atoms with van der Waals surface area (Å²) in [7, 11) is 6.63. The van der Waals surface area contributed by atoms with Crippen molar-refractivity contribution in [3.05, 3.63) is 138 Å². The second kappa shape index (κ2) is 20.9. The van der Waals surface area contributed by atoms with Crippen molar-refractivity contribution in [1.29, 1.82) is 0 Å². The van der Waals surface area contributed by atoms with Gasteiger partial charge in [0.15, 0.2) is 0 Å². The third kappa shape index (κ3) is 11.0. The molecule has 0 saturated carbocycles. The zero-order valence-electron chi connectivity index (χ0n) is 37.4. The summed E-state index contributed by atoms with van der Waals surface area (Å²) in [5, 5.41) is 3.69. The lowest BCUT2D eigenvalue weighted by Crippen LogP contribution is -2.55. The van der Waals surface area contributed by atoms with Gasteiger partial charge in [-0.1, -0.05) is 91.0 Å². The summed E-state index contributed by atoms with van der Waals surface area (Å²) in [5.41, 5.74) is 3.02. The Morgan fingerprint density at radius 2 is 1.11 bits per heavy atom. The molecule has 1 unspecified atom stereocenters. The van der Waals surface area contributed by atoms with E-state index in [4.69, 9.17) is 42.6 Å². The maximum Gasteiger partial charge on any atom is 0.410 e. The fourth-order valence-electron chi connectivity index (χ4n) is 8.26. The van der Waals surface area contributed by atoms with E-state index in [1.807, 2.05) is 112 Å². The van der Waals surface area contributed by atoms with Crippen molar-refractivity contribution in [3.8, 4) is 28.7 Å². The van der Waals surface area contributed by atoms with Gasteiger partial charge in [-0.25, -0.2) is 4.79 Å². The van der Waals surface area contributed by atoms with Crippen molar-refractivity contribution >= 4 is 27.6 Å². The summed E-state index contributed by atoms with van der Waals surface area (Å²) in [4.78, 5) is 15.6. The van der Waals surface area contributed by atoms with Crippen LogP contribution in [0.3, 0.4) is 0 Å². The predicted molar refractivity (Wildman–Crippen MR) is 244 cm³/mol. The van der Waals surface area contributed by atoms with Crippen LogP contribution in [0.25, 0.3) is 21.5 Å². The molecule has 0 radical (unpaired) electrons. The number of fused-ring (bicyclic) bond motifs is 2. The summed E-state index contributed by atoms with van der Waals surface area (Å²) in [6.07, 6.45) is -0.787. The van der Waals surface area contributed by atoms with E-state index in [0.717, 1.165) is 56.0 Å². The Morgan fingerprint density at radius 3 is 1.60 bits per heavy atom. The van der Waals surface area contributed by atoms with Crippen molar-refractivity contribution in [2.75, 3.05) is 54.7 Å². The quantitative estimate of drug-likeness (QED) is 0.0776. The Hall–Kier alpha value is -6.01. The number of hydrogen-bond acceptors (Lipinski definition) is 10. The first-order valence-electron chi connectivity index (χ1n) is 21.4. The highest BCUT2D eigenvalue weighted by Gasteiger charge is 2.42. The van der Waals surface area contributed by atoms with Gasteiger partial charge in [0.05, 0.1) is 86.8 Å². The van der Waals surface area contributed by atoms with Crippen LogP contribution >= 0.6 is 0 Å². The Morgan fingerprint density at radius 1 is 0.603 bits per heavy atom. The number of hydrogen-bond donors (Lipinski definition) is 0. The topological polar surface area (TPSA) is 103 Å². The summed E-state index contributed by atoms with van der Waals surface area (Å²) in [5.74, 6) is 3.22. The fourth-order valence-corrected chi connectivity index (χ4v) is 8.26. The second-order valence-electron chi connectivity index (χ2n) is 16.6. The van der Waals surface area contributed by atoms with Gasteiger partial charge in [-0.15, -0.1) is 0 Å². The molecule has 1 heterocycles. The average Bonchev–Trinajstić information content (AvgIpc) is 3.30. The normalized spacial score (nSPS) is 16.5. The Kier molecular flexibility index (Phi) is 14.9. The molecule has 11 nitrogen and oxygen atoms in total. The number of piperidine rings is 1. The molecule has 6 aromatic carbocycles. The standard InChI is InChI=1S/C52H59NO10/c1-52(2,3)63-51(54)53-30-46(61-33-37-28-44(55-4)40-18-11-13-20-42(40)49(37)57-6)48(36-22-24-39(25-23-36)60-27-15-26-59-32-35-16-9-8-10-17-35)47(31-53)62-34-38-29-45(56-5)41-19-12-14-21-43(41)50(38)58-7/h8-14,16-25,28-29,46-48H,15,26-27,30-34H2,1-7H3/t46-,47+,48?. The highest BCUT2D eigenvalue weighted by atomic mass is 16.6. The number of ether oxygens (including phenoxy) is 9. The van der Waals surface area contributed by atoms with Crippen molar-refractivity contribution in [2.24, 2.45) is 0 Å². The van der Waals surface area contributed by atoms with Gasteiger partial charge >= 0.3 is 6.09 Å². The lowest BCUT2D eigenvalue weighted by molar-refractivity contribution is -0.100. The lowest BCUT2D eigenvalue weighted by Gasteiger charge is -2.44. The van der Waals surface area contributed by atoms with Gasteiger partial charge < -0.3 is 47.5 Å². The number of likely N-dealkylation sites (tertiary alicyclic amines) is 1. The maximum atomic E-state index is 13.9. The minimum atomic E-state index is -0.714. The van der Waals surface area contributed by atoms with Crippen LogP contribution in [0.2, 0.25) is 0 Å². The molecule has 7 rings (SSSR count). The Balaban J connectivity index is 1.19. The first-order valence-corrected chi connectivity index (χ1v) is 21.4. The highest BCUT2D eigenvalue weighted by Crippen LogP contribution is 2.41. The van der Waals surface area contributed by atoms with Crippen LogP contribution in [0.15, 0.2) is 115 Å². The van der Waals surface area contributed by atoms with Crippen LogP contribution in [-0.2, 0) is 38.8 Å². The van der Waals surface area contributed by atoms with Gasteiger partial charge in [0, 0.05) is 45.0 Å². The third-order valence-corrected chi connectivity index (χ3v) is 11.2. The van der Waals surface area contributed by atoms with Gasteiger partial charge in [0.1, 0.15) is 34.3 Å².